The maximum absolute atomic E-state index is 12.9. The summed E-state index contributed by atoms with van der Waals surface area (Å²) in [7, 11) is 0.130. The maximum Gasteiger partial charge on any atom is 0.150 e. The molecule has 0 aromatic heterocycles. The van der Waals surface area contributed by atoms with E-state index < -0.39 is 5.82 Å². The summed E-state index contributed by atoms with van der Waals surface area (Å²) in [4.78, 5) is 10.8. The van der Waals surface area contributed by atoms with E-state index in [-0.39, 0.29) is 14.3 Å². The summed E-state index contributed by atoms with van der Waals surface area (Å²) in [6.07, 6.45) is 0.630. The first-order valence-electron chi connectivity index (χ1n) is 5.00. The van der Waals surface area contributed by atoms with Crippen LogP contribution < -0.4 is 10.6 Å². The average molecular weight is 248 g/mol. The van der Waals surface area contributed by atoms with Gasteiger partial charge in [-0.2, -0.15) is 0 Å². The number of aromatic hydroxyl groups is 1. The lowest BCUT2D eigenvalue weighted by Crippen LogP contribution is -2.09. The van der Waals surface area contributed by atoms with Gasteiger partial charge in [-0.1, -0.05) is 32.8 Å². The monoisotopic (exact) mass is 248 g/mol. The van der Waals surface area contributed by atoms with Crippen molar-refractivity contribution in [2.45, 2.75) is 0 Å². The molecule has 0 spiro atoms. The number of phenols is 1. The van der Waals surface area contributed by atoms with Crippen molar-refractivity contribution in [2.75, 3.05) is 0 Å². The fraction of sp³-hybridized carbons (Fsp3) is 0. The van der Waals surface area contributed by atoms with Gasteiger partial charge in [-0.05, 0) is 23.5 Å². The van der Waals surface area contributed by atoms with E-state index in [1.807, 2.05) is 6.07 Å². The molecule has 0 saturated carbocycles. The third-order valence-electron chi connectivity index (χ3n) is 2.31. The standard InChI is InChI=1S/C13H10FO2P/c14-10-5-6-12(9(7-10)8-15)17-13-4-2-1-3-11(13)16/h1-8,16-17H. The molecule has 2 rings (SSSR count). The molecule has 0 aliphatic carbocycles. The van der Waals surface area contributed by atoms with E-state index in [1.165, 1.54) is 12.1 Å². The Hall–Kier alpha value is -1.73. The Morgan fingerprint density at radius 1 is 1.12 bits per heavy atom. The van der Waals surface area contributed by atoms with Crippen LogP contribution in [0.4, 0.5) is 4.39 Å². The second-order valence-electron chi connectivity index (χ2n) is 3.49. The van der Waals surface area contributed by atoms with Crippen molar-refractivity contribution in [3.05, 3.63) is 53.8 Å². The minimum absolute atomic E-state index is 0.130. The Labute approximate surface area is 99.9 Å². The first-order valence-corrected chi connectivity index (χ1v) is 6.00. The highest BCUT2D eigenvalue weighted by molar-refractivity contribution is 7.56. The number of hydrogen-bond acceptors (Lipinski definition) is 2. The number of para-hydroxylation sites is 1. The Morgan fingerprint density at radius 3 is 2.59 bits per heavy atom. The van der Waals surface area contributed by atoms with Gasteiger partial charge in [0, 0.05) is 10.9 Å². The topological polar surface area (TPSA) is 37.3 Å². The summed E-state index contributed by atoms with van der Waals surface area (Å²) in [5, 5.41) is 11.1. The van der Waals surface area contributed by atoms with Gasteiger partial charge in [0.05, 0.1) is 0 Å². The second-order valence-corrected chi connectivity index (χ2v) is 4.82. The molecular formula is C13H10FO2P. The van der Waals surface area contributed by atoms with Crippen LogP contribution >= 0.6 is 8.58 Å². The Bertz CT molecular complexity index is 555. The molecule has 1 unspecified atom stereocenters. The molecule has 1 atom stereocenters. The summed E-state index contributed by atoms with van der Waals surface area (Å²) in [5.74, 6) is -0.245. The van der Waals surface area contributed by atoms with Crippen molar-refractivity contribution in [3.8, 4) is 5.75 Å². The SMILES string of the molecule is O=Cc1cc(F)ccc1Pc1ccccc1O. The fourth-order valence-electron chi connectivity index (χ4n) is 1.47. The van der Waals surface area contributed by atoms with Crippen LogP contribution in [-0.2, 0) is 0 Å². The molecule has 0 bridgehead atoms. The van der Waals surface area contributed by atoms with Gasteiger partial charge in [-0.15, -0.1) is 0 Å². The zero-order valence-corrected chi connectivity index (χ0v) is 9.85. The summed E-state index contributed by atoms with van der Waals surface area (Å²) in [5.41, 5.74) is 0.326. The molecule has 2 aromatic carbocycles. The summed E-state index contributed by atoms with van der Waals surface area (Å²) in [6, 6.07) is 11.0. The molecule has 2 aromatic rings. The summed E-state index contributed by atoms with van der Waals surface area (Å²) >= 11 is 0. The zero-order valence-electron chi connectivity index (χ0n) is 8.85. The van der Waals surface area contributed by atoms with Gasteiger partial charge in [0.1, 0.15) is 11.6 Å². The van der Waals surface area contributed by atoms with E-state index in [2.05, 4.69) is 0 Å². The van der Waals surface area contributed by atoms with Crippen LogP contribution in [0, 0.1) is 5.82 Å². The number of aldehydes is 1. The number of rotatable bonds is 3. The van der Waals surface area contributed by atoms with Crippen LogP contribution in [0.15, 0.2) is 42.5 Å². The quantitative estimate of drug-likeness (QED) is 0.666. The molecule has 0 heterocycles. The first kappa shape index (κ1) is 11.7. The molecule has 0 fully saturated rings. The number of benzene rings is 2. The van der Waals surface area contributed by atoms with Crippen molar-refractivity contribution in [1.82, 2.24) is 0 Å². The Balaban J connectivity index is 2.36. The Kier molecular flexibility index (Phi) is 3.50. The van der Waals surface area contributed by atoms with Crippen LogP contribution in [-0.4, -0.2) is 11.4 Å². The molecule has 4 heteroatoms. The number of phenolic OH excluding ortho intramolecular Hbond substituents is 1. The lowest BCUT2D eigenvalue weighted by atomic mass is 10.2. The highest BCUT2D eigenvalue weighted by Gasteiger charge is 2.06. The van der Waals surface area contributed by atoms with Crippen LogP contribution in [0.5, 0.6) is 5.75 Å². The predicted octanol–water partition coefficient (Wildman–Crippen LogP) is 1.97. The van der Waals surface area contributed by atoms with Crippen molar-refractivity contribution in [1.29, 1.82) is 0 Å². The van der Waals surface area contributed by atoms with Crippen molar-refractivity contribution in [3.63, 3.8) is 0 Å². The van der Waals surface area contributed by atoms with Gasteiger partial charge in [0.15, 0.2) is 6.29 Å². The molecular weight excluding hydrogens is 238 g/mol. The van der Waals surface area contributed by atoms with E-state index in [1.54, 1.807) is 24.3 Å². The van der Waals surface area contributed by atoms with Crippen LogP contribution in [0.25, 0.3) is 0 Å². The Morgan fingerprint density at radius 2 is 1.88 bits per heavy atom. The van der Waals surface area contributed by atoms with Gasteiger partial charge in [-0.25, -0.2) is 4.39 Å². The molecule has 0 aliphatic heterocycles. The molecule has 17 heavy (non-hydrogen) atoms. The molecule has 0 radical (unpaired) electrons. The van der Waals surface area contributed by atoms with Crippen molar-refractivity contribution < 1.29 is 14.3 Å². The highest BCUT2D eigenvalue weighted by atomic mass is 31.1. The van der Waals surface area contributed by atoms with E-state index in [9.17, 15) is 14.3 Å². The third kappa shape index (κ3) is 2.69. The zero-order chi connectivity index (χ0) is 12.3. The maximum atomic E-state index is 12.9. The largest absolute Gasteiger partial charge is 0.507 e. The van der Waals surface area contributed by atoms with Crippen molar-refractivity contribution in [2.24, 2.45) is 0 Å². The molecule has 2 nitrogen and oxygen atoms in total. The average Bonchev–Trinajstić information content (AvgIpc) is 2.34. The number of halogens is 1. The predicted molar refractivity (Wildman–Crippen MR) is 67.5 cm³/mol. The lowest BCUT2D eigenvalue weighted by molar-refractivity contribution is 0.112. The van der Waals surface area contributed by atoms with E-state index in [4.69, 9.17) is 0 Å². The molecule has 0 saturated heterocycles. The second kappa shape index (κ2) is 5.07. The van der Waals surface area contributed by atoms with Gasteiger partial charge >= 0.3 is 0 Å². The normalized spacial score (nSPS) is 10.9. The molecule has 1 N–H and O–H groups in total. The number of carbonyl (C=O) groups is 1. The van der Waals surface area contributed by atoms with Gasteiger partial charge < -0.3 is 5.11 Å². The minimum atomic E-state index is -0.432. The number of carbonyl (C=O) groups excluding carboxylic acids is 1. The van der Waals surface area contributed by atoms with Crippen molar-refractivity contribution >= 4 is 25.5 Å². The molecule has 86 valence electrons. The highest BCUT2D eigenvalue weighted by Crippen LogP contribution is 2.19. The van der Waals surface area contributed by atoms with E-state index in [0.717, 1.165) is 10.6 Å². The van der Waals surface area contributed by atoms with Gasteiger partial charge in [-0.3, -0.25) is 4.79 Å². The summed E-state index contributed by atoms with van der Waals surface area (Å²) < 4.78 is 12.9. The van der Waals surface area contributed by atoms with Crippen LogP contribution in [0.1, 0.15) is 10.4 Å². The van der Waals surface area contributed by atoms with Gasteiger partial charge in [0.25, 0.3) is 0 Å². The minimum Gasteiger partial charge on any atom is -0.507 e. The lowest BCUT2D eigenvalue weighted by Gasteiger charge is -2.07. The van der Waals surface area contributed by atoms with E-state index in [0.29, 0.717) is 11.8 Å². The van der Waals surface area contributed by atoms with E-state index >= 15 is 0 Å². The smallest absolute Gasteiger partial charge is 0.150 e. The fourth-order valence-corrected chi connectivity index (χ4v) is 2.59. The molecule has 0 aliphatic rings. The van der Waals surface area contributed by atoms with Crippen LogP contribution in [0.3, 0.4) is 0 Å². The third-order valence-corrected chi connectivity index (χ3v) is 3.73. The molecule has 0 amide bonds. The van der Waals surface area contributed by atoms with Gasteiger partial charge in [0.2, 0.25) is 0 Å². The number of hydrogen-bond donors (Lipinski definition) is 1. The first-order chi connectivity index (χ1) is 8.20. The summed E-state index contributed by atoms with van der Waals surface area (Å²) in [6.45, 7) is 0. The van der Waals surface area contributed by atoms with Crippen LogP contribution in [0.2, 0.25) is 0 Å².